The molecule has 2 heteroatoms. The summed E-state index contributed by atoms with van der Waals surface area (Å²) in [7, 11) is 0. The van der Waals surface area contributed by atoms with Gasteiger partial charge >= 0.3 is 0 Å². The van der Waals surface area contributed by atoms with Crippen molar-refractivity contribution in [1.29, 1.82) is 0 Å². The summed E-state index contributed by atoms with van der Waals surface area (Å²) in [5.41, 5.74) is 14.6. The highest BCUT2D eigenvalue weighted by Crippen LogP contribution is 2.41. The SMILES string of the molecule is c1ccc(-c2cc(-c3ccccc3)cc(-c3ccc(N(c4ccc(-c5ccccc5-c5cc6ccccc6o5)cc4)c4ccc5c(ccc6ccccc65)c4)cc3)c2)cc1. The van der Waals surface area contributed by atoms with Gasteiger partial charge in [0.05, 0.1) is 0 Å². The monoisotopic (exact) mass is 765 g/mol. The van der Waals surface area contributed by atoms with Crippen LogP contribution in [0.1, 0.15) is 0 Å². The van der Waals surface area contributed by atoms with E-state index in [4.69, 9.17) is 4.42 Å². The fourth-order valence-corrected chi connectivity index (χ4v) is 8.63. The van der Waals surface area contributed by atoms with Crippen LogP contribution in [0.5, 0.6) is 0 Å². The lowest BCUT2D eigenvalue weighted by atomic mass is 9.93. The van der Waals surface area contributed by atoms with E-state index in [0.29, 0.717) is 0 Å². The molecule has 0 saturated heterocycles. The summed E-state index contributed by atoms with van der Waals surface area (Å²) >= 11 is 0. The van der Waals surface area contributed by atoms with Gasteiger partial charge in [0.2, 0.25) is 0 Å². The van der Waals surface area contributed by atoms with Crippen LogP contribution in [0.25, 0.3) is 88.3 Å². The first-order valence-electron chi connectivity index (χ1n) is 20.5. The molecule has 0 spiro atoms. The van der Waals surface area contributed by atoms with Crippen LogP contribution in [0.4, 0.5) is 17.1 Å². The fraction of sp³-hybridized carbons (Fsp3) is 0. The minimum Gasteiger partial charge on any atom is -0.456 e. The third-order valence-corrected chi connectivity index (χ3v) is 11.6. The highest BCUT2D eigenvalue weighted by molar-refractivity contribution is 6.08. The van der Waals surface area contributed by atoms with E-state index in [0.717, 1.165) is 56.0 Å². The second-order valence-electron chi connectivity index (χ2n) is 15.3. The quantitative estimate of drug-likeness (QED) is 0.143. The van der Waals surface area contributed by atoms with Crippen LogP contribution < -0.4 is 4.90 Å². The Morgan fingerprint density at radius 2 is 0.750 bits per heavy atom. The van der Waals surface area contributed by atoms with Gasteiger partial charge in [-0.05, 0) is 133 Å². The van der Waals surface area contributed by atoms with Crippen molar-refractivity contribution in [3.05, 3.63) is 237 Å². The zero-order valence-corrected chi connectivity index (χ0v) is 32.9. The number of para-hydroxylation sites is 1. The summed E-state index contributed by atoms with van der Waals surface area (Å²) in [6.45, 7) is 0. The van der Waals surface area contributed by atoms with E-state index in [1.807, 2.05) is 12.1 Å². The van der Waals surface area contributed by atoms with Gasteiger partial charge in [-0.25, -0.2) is 0 Å². The molecule has 0 aliphatic heterocycles. The molecule has 0 N–H and O–H groups in total. The van der Waals surface area contributed by atoms with Crippen molar-refractivity contribution in [2.45, 2.75) is 0 Å². The number of furan rings is 1. The Hall–Kier alpha value is -7.94. The van der Waals surface area contributed by atoms with E-state index >= 15 is 0 Å². The van der Waals surface area contributed by atoms with Crippen LogP contribution in [0.3, 0.4) is 0 Å². The van der Waals surface area contributed by atoms with Gasteiger partial charge in [0, 0.05) is 28.0 Å². The van der Waals surface area contributed by atoms with E-state index < -0.39 is 0 Å². The molecule has 11 rings (SSSR count). The highest BCUT2D eigenvalue weighted by Gasteiger charge is 2.17. The topological polar surface area (TPSA) is 16.4 Å². The maximum atomic E-state index is 6.35. The summed E-state index contributed by atoms with van der Waals surface area (Å²) in [6, 6.07) is 84.9. The smallest absolute Gasteiger partial charge is 0.136 e. The molecule has 1 heterocycles. The third-order valence-electron chi connectivity index (χ3n) is 11.6. The number of anilines is 3. The molecule has 1 aromatic heterocycles. The average Bonchev–Trinajstić information content (AvgIpc) is 3.77. The van der Waals surface area contributed by atoms with E-state index in [9.17, 15) is 0 Å². The number of nitrogens with zero attached hydrogens (tertiary/aromatic N) is 1. The molecule has 2 nitrogen and oxygen atoms in total. The Labute approximate surface area is 349 Å². The predicted molar refractivity (Wildman–Crippen MR) is 253 cm³/mol. The molecule has 0 aliphatic carbocycles. The van der Waals surface area contributed by atoms with E-state index in [2.05, 4.69) is 229 Å². The zero-order valence-electron chi connectivity index (χ0n) is 32.9. The van der Waals surface area contributed by atoms with Gasteiger partial charge in [0.1, 0.15) is 11.3 Å². The molecule has 60 heavy (non-hydrogen) atoms. The summed E-state index contributed by atoms with van der Waals surface area (Å²) in [5.74, 6) is 0.867. The molecule has 0 fully saturated rings. The lowest BCUT2D eigenvalue weighted by Gasteiger charge is -2.26. The molecule has 282 valence electrons. The number of hydrogen-bond donors (Lipinski definition) is 0. The Balaban J connectivity index is 1.01. The van der Waals surface area contributed by atoms with Gasteiger partial charge in [0.15, 0.2) is 0 Å². The van der Waals surface area contributed by atoms with Gasteiger partial charge < -0.3 is 9.32 Å². The van der Waals surface area contributed by atoms with Crippen molar-refractivity contribution in [3.8, 4) is 55.8 Å². The molecule has 0 atom stereocenters. The fourth-order valence-electron chi connectivity index (χ4n) is 8.63. The van der Waals surface area contributed by atoms with Gasteiger partial charge in [-0.1, -0.05) is 170 Å². The van der Waals surface area contributed by atoms with Crippen LogP contribution >= 0.6 is 0 Å². The van der Waals surface area contributed by atoms with E-state index in [1.165, 1.54) is 49.4 Å². The molecule has 0 unspecified atom stereocenters. The average molecular weight is 766 g/mol. The second-order valence-corrected chi connectivity index (χ2v) is 15.3. The van der Waals surface area contributed by atoms with Crippen molar-refractivity contribution in [3.63, 3.8) is 0 Å². The van der Waals surface area contributed by atoms with Crippen molar-refractivity contribution in [1.82, 2.24) is 0 Å². The first kappa shape index (κ1) is 35.2. The van der Waals surface area contributed by atoms with Crippen LogP contribution in [0.15, 0.2) is 241 Å². The van der Waals surface area contributed by atoms with Crippen LogP contribution in [-0.4, -0.2) is 0 Å². The lowest BCUT2D eigenvalue weighted by Crippen LogP contribution is -2.10. The molecular weight excluding hydrogens is 727 g/mol. The van der Waals surface area contributed by atoms with E-state index in [1.54, 1.807) is 0 Å². The van der Waals surface area contributed by atoms with Crippen LogP contribution in [-0.2, 0) is 0 Å². The van der Waals surface area contributed by atoms with Gasteiger partial charge in [-0.2, -0.15) is 0 Å². The summed E-state index contributed by atoms with van der Waals surface area (Å²) in [5, 5.41) is 6.06. The first-order valence-corrected chi connectivity index (χ1v) is 20.5. The first-order chi connectivity index (χ1) is 29.7. The summed E-state index contributed by atoms with van der Waals surface area (Å²) < 4.78 is 6.35. The maximum Gasteiger partial charge on any atom is 0.136 e. The van der Waals surface area contributed by atoms with Crippen LogP contribution in [0, 0.1) is 0 Å². The largest absolute Gasteiger partial charge is 0.456 e. The second kappa shape index (κ2) is 15.1. The zero-order chi connectivity index (χ0) is 39.8. The Morgan fingerprint density at radius 3 is 1.40 bits per heavy atom. The minimum absolute atomic E-state index is 0.867. The standard InChI is InChI=1S/C58H39NO/c1-3-13-40(14-4-1)47-35-48(41-15-5-2-6-16-41)37-49(36-47)42-25-29-50(30-26-42)59(52-33-34-55-45(38-52)24-23-43-17-7-9-19-53(43)55)51-31-27-44(28-32-51)54-20-10-11-21-56(54)58-39-46-18-8-12-22-57(46)60-58/h1-39H. The Morgan fingerprint density at radius 1 is 0.267 bits per heavy atom. The maximum absolute atomic E-state index is 6.35. The number of rotatable bonds is 8. The molecule has 10 aromatic carbocycles. The third kappa shape index (κ3) is 6.61. The Kier molecular flexibility index (Phi) is 8.87. The minimum atomic E-state index is 0.867. The summed E-state index contributed by atoms with van der Waals surface area (Å²) in [4.78, 5) is 2.36. The highest BCUT2D eigenvalue weighted by atomic mass is 16.3. The molecule has 0 radical (unpaired) electrons. The molecule has 0 aliphatic rings. The summed E-state index contributed by atoms with van der Waals surface area (Å²) in [6.07, 6.45) is 0. The van der Waals surface area contributed by atoms with Gasteiger partial charge in [-0.3, -0.25) is 0 Å². The van der Waals surface area contributed by atoms with Gasteiger partial charge in [-0.15, -0.1) is 0 Å². The number of fused-ring (bicyclic) bond motifs is 4. The van der Waals surface area contributed by atoms with E-state index in [-0.39, 0.29) is 0 Å². The van der Waals surface area contributed by atoms with Crippen molar-refractivity contribution in [2.24, 2.45) is 0 Å². The number of hydrogen-bond acceptors (Lipinski definition) is 2. The Bertz CT molecular complexity index is 3200. The molecule has 11 aromatic rings. The molecule has 0 amide bonds. The van der Waals surface area contributed by atoms with Crippen molar-refractivity contribution in [2.75, 3.05) is 4.90 Å². The molecule has 0 bridgehead atoms. The normalized spacial score (nSPS) is 11.3. The van der Waals surface area contributed by atoms with Crippen molar-refractivity contribution < 1.29 is 4.42 Å². The molecular formula is C58H39NO. The van der Waals surface area contributed by atoms with Crippen LogP contribution in [0.2, 0.25) is 0 Å². The predicted octanol–water partition coefficient (Wildman–Crippen LogP) is 16.5. The van der Waals surface area contributed by atoms with Gasteiger partial charge in [0.25, 0.3) is 0 Å². The lowest BCUT2D eigenvalue weighted by molar-refractivity contribution is 0.632. The molecule has 0 saturated carbocycles. The van der Waals surface area contributed by atoms with Crippen molar-refractivity contribution >= 4 is 49.6 Å². The number of benzene rings is 10.